The smallest absolute Gasteiger partial charge is 0.183 e. The van der Waals surface area contributed by atoms with Crippen LogP contribution in [-0.2, 0) is 13.1 Å². The van der Waals surface area contributed by atoms with E-state index in [1.54, 1.807) is 25.6 Å². The van der Waals surface area contributed by atoms with Crippen LogP contribution in [0.3, 0.4) is 0 Å². The minimum atomic E-state index is 0.592. The summed E-state index contributed by atoms with van der Waals surface area (Å²) < 4.78 is 12.7. The Bertz CT molecular complexity index is 1120. The maximum absolute atomic E-state index is 5.46. The van der Waals surface area contributed by atoms with E-state index in [2.05, 4.69) is 22.4 Å². The van der Waals surface area contributed by atoms with Crippen molar-refractivity contribution in [1.29, 1.82) is 0 Å². The van der Waals surface area contributed by atoms with Crippen LogP contribution >= 0.6 is 11.3 Å². The normalized spacial score (nSPS) is 10.8. The van der Waals surface area contributed by atoms with Crippen LogP contribution in [0.4, 0.5) is 5.13 Å². The lowest BCUT2D eigenvalue weighted by Crippen LogP contribution is -2.02. The Morgan fingerprint density at radius 2 is 1.87 bits per heavy atom. The van der Waals surface area contributed by atoms with Gasteiger partial charge >= 0.3 is 0 Å². The van der Waals surface area contributed by atoms with Gasteiger partial charge in [-0.1, -0.05) is 41.7 Å². The lowest BCUT2D eigenvalue weighted by Gasteiger charge is -2.10. The number of nitrogens with zero attached hydrogens (tertiary/aromatic N) is 3. The van der Waals surface area contributed by atoms with E-state index < -0.39 is 0 Å². The number of anilines is 1. The second-order valence-corrected chi connectivity index (χ2v) is 7.85. The van der Waals surface area contributed by atoms with Crippen molar-refractivity contribution in [2.45, 2.75) is 20.0 Å². The van der Waals surface area contributed by atoms with E-state index in [1.807, 2.05) is 60.3 Å². The number of thiazole rings is 1. The summed E-state index contributed by atoms with van der Waals surface area (Å²) >= 11 is 1.60. The molecule has 0 saturated heterocycles. The van der Waals surface area contributed by atoms with Gasteiger partial charge in [0.05, 0.1) is 31.3 Å². The number of methoxy groups -OCH3 is 2. The molecule has 4 aromatic rings. The van der Waals surface area contributed by atoms with Crippen molar-refractivity contribution in [2.24, 2.45) is 0 Å². The van der Waals surface area contributed by atoms with Gasteiger partial charge in [-0.25, -0.2) is 4.98 Å². The molecule has 1 N–H and O–H groups in total. The molecule has 0 aliphatic carbocycles. The average Bonchev–Trinajstić information content (AvgIpc) is 3.38. The number of aryl methyl sites for hydroxylation is 1. The summed E-state index contributed by atoms with van der Waals surface area (Å²) in [7, 11) is 3.33. The van der Waals surface area contributed by atoms with E-state index in [9.17, 15) is 0 Å². The molecule has 0 radical (unpaired) electrons. The molecule has 7 heteroatoms. The first-order valence-electron chi connectivity index (χ1n) is 9.66. The van der Waals surface area contributed by atoms with Crippen molar-refractivity contribution in [3.63, 3.8) is 0 Å². The van der Waals surface area contributed by atoms with E-state index in [0.29, 0.717) is 6.54 Å². The molecule has 0 aliphatic heterocycles. The van der Waals surface area contributed by atoms with Crippen molar-refractivity contribution in [1.82, 2.24) is 14.8 Å². The van der Waals surface area contributed by atoms with Crippen molar-refractivity contribution >= 4 is 16.5 Å². The van der Waals surface area contributed by atoms with Crippen LogP contribution in [0.15, 0.2) is 60.8 Å². The van der Waals surface area contributed by atoms with E-state index >= 15 is 0 Å². The Balaban J connectivity index is 1.48. The Hall–Kier alpha value is -3.32. The van der Waals surface area contributed by atoms with Crippen LogP contribution in [0.5, 0.6) is 11.5 Å². The second-order valence-electron chi connectivity index (χ2n) is 6.85. The molecule has 0 bridgehead atoms. The highest BCUT2D eigenvalue weighted by Gasteiger charge is 2.13. The number of nitrogens with one attached hydrogen (secondary N) is 1. The maximum atomic E-state index is 5.46. The quantitative estimate of drug-likeness (QED) is 0.435. The lowest BCUT2D eigenvalue weighted by molar-refractivity contribution is 0.399. The predicted octanol–water partition coefficient (Wildman–Crippen LogP) is 4.99. The maximum Gasteiger partial charge on any atom is 0.183 e. The highest BCUT2D eigenvalue weighted by Crippen LogP contribution is 2.32. The molecule has 0 saturated carbocycles. The van der Waals surface area contributed by atoms with Crippen LogP contribution in [0.25, 0.3) is 10.6 Å². The molecule has 0 fully saturated rings. The van der Waals surface area contributed by atoms with Crippen molar-refractivity contribution in [2.75, 3.05) is 19.5 Å². The Kier molecular flexibility index (Phi) is 5.99. The van der Waals surface area contributed by atoms with Crippen LogP contribution < -0.4 is 14.8 Å². The molecular weight excluding hydrogens is 396 g/mol. The van der Waals surface area contributed by atoms with Crippen LogP contribution in [0, 0.1) is 6.92 Å². The van der Waals surface area contributed by atoms with Gasteiger partial charge in [-0.05, 0) is 36.8 Å². The Morgan fingerprint density at radius 3 is 2.63 bits per heavy atom. The van der Waals surface area contributed by atoms with E-state index in [0.717, 1.165) is 45.0 Å². The minimum absolute atomic E-state index is 0.592. The molecule has 0 aliphatic rings. The summed E-state index contributed by atoms with van der Waals surface area (Å²) in [5.41, 5.74) is 4.14. The fourth-order valence-corrected chi connectivity index (χ4v) is 4.17. The molecule has 0 amide bonds. The summed E-state index contributed by atoms with van der Waals surface area (Å²) in [6, 6.07) is 18.1. The highest BCUT2D eigenvalue weighted by atomic mass is 32.1. The van der Waals surface area contributed by atoms with Crippen LogP contribution in [0.2, 0.25) is 0 Å². The minimum Gasteiger partial charge on any atom is -0.497 e. The van der Waals surface area contributed by atoms with Gasteiger partial charge < -0.3 is 14.8 Å². The van der Waals surface area contributed by atoms with Gasteiger partial charge in [0.2, 0.25) is 0 Å². The molecule has 2 aromatic carbocycles. The van der Waals surface area contributed by atoms with Crippen molar-refractivity contribution < 1.29 is 9.47 Å². The van der Waals surface area contributed by atoms with E-state index in [-0.39, 0.29) is 0 Å². The fourth-order valence-electron chi connectivity index (χ4n) is 3.24. The molecule has 30 heavy (non-hydrogen) atoms. The summed E-state index contributed by atoms with van der Waals surface area (Å²) in [5.74, 6) is 1.61. The first-order chi connectivity index (χ1) is 14.7. The van der Waals surface area contributed by atoms with Crippen molar-refractivity contribution in [3.05, 3.63) is 77.6 Å². The van der Waals surface area contributed by atoms with E-state index in [1.165, 1.54) is 5.56 Å². The zero-order chi connectivity index (χ0) is 20.9. The van der Waals surface area contributed by atoms with Crippen LogP contribution in [-0.4, -0.2) is 29.0 Å². The molecule has 2 aromatic heterocycles. The van der Waals surface area contributed by atoms with E-state index in [4.69, 9.17) is 14.6 Å². The summed E-state index contributed by atoms with van der Waals surface area (Å²) in [5, 5.41) is 8.99. The van der Waals surface area contributed by atoms with Gasteiger partial charge in [0.1, 0.15) is 17.2 Å². The zero-order valence-electron chi connectivity index (χ0n) is 17.3. The second kappa shape index (κ2) is 9.00. The molecule has 0 atom stereocenters. The first kappa shape index (κ1) is 20.0. The van der Waals surface area contributed by atoms with Gasteiger partial charge in [0.15, 0.2) is 5.13 Å². The number of rotatable bonds is 8. The summed E-state index contributed by atoms with van der Waals surface area (Å²) in [6.07, 6.45) is 2.01. The predicted molar refractivity (Wildman–Crippen MR) is 120 cm³/mol. The third-order valence-electron chi connectivity index (χ3n) is 4.77. The third-order valence-corrected chi connectivity index (χ3v) is 5.91. The van der Waals surface area contributed by atoms with Crippen LogP contribution in [0.1, 0.15) is 16.8 Å². The first-order valence-corrected chi connectivity index (χ1v) is 10.5. The third kappa shape index (κ3) is 4.46. The number of aromatic nitrogens is 3. The zero-order valence-corrected chi connectivity index (χ0v) is 18.1. The molecular formula is C23H24N4O2S. The largest absolute Gasteiger partial charge is 0.497 e. The average molecular weight is 421 g/mol. The summed E-state index contributed by atoms with van der Waals surface area (Å²) in [6.45, 7) is 3.36. The van der Waals surface area contributed by atoms with Gasteiger partial charge in [0.25, 0.3) is 0 Å². The lowest BCUT2D eigenvalue weighted by atomic mass is 10.2. The SMILES string of the molecule is COc1ccc(OC)c(CNc2nc(C)c(-c3ccn(Cc4ccccc4)n3)s2)c1. The van der Waals surface area contributed by atoms with Gasteiger partial charge in [-0.15, -0.1) is 0 Å². The van der Waals surface area contributed by atoms with Gasteiger partial charge in [0, 0.05) is 18.3 Å². The van der Waals surface area contributed by atoms with Crippen molar-refractivity contribution in [3.8, 4) is 22.1 Å². The fraction of sp³-hybridized carbons (Fsp3) is 0.217. The summed E-state index contributed by atoms with van der Waals surface area (Å²) in [4.78, 5) is 5.75. The monoisotopic (exact) mass is 420 g/mol. The topological polar surface area (TPSA) is 61.2 Å². The molecule has 6 nitrogen and oxygen atoms in total. The molecule has 154 valence electrons. The number of ether oxygens (including phenoxy) is 2. The Morgan fingerprint density at radius 1 is 1.03 bits per heavy atom. The van der Waals surface area contributed by atoms with Gasteiger partial charge in [-0.2, -0.15) is 5.10 Å². The number of benzene rings is 2. The number of hydrogen-bond donors (Lipinski definition) is 1. The highest BCUT2D eigenvalue weighted by molar-refractivity contribution is 7.19. The molecule has 0 unspecified atom stereocenters. The molecule has 0 spiro atoms. The molecule has 2 heterocycles. The molecule has 4 rings (SSSR count). The number of hydrogen-bond acceptors (Lipinski definition) is 6. The Labute approximate surface area is 180 Å². The van der Waals surface area contributed by atoms with Gasteiger partial charge in [-0.3, -0.25) is 4.68 Å². The standard InChI is InChI=1S/C23H24N4O2S/c1-16-22(20-11-12-27(26-20)15-17-7-5-4-6-8-17)30-23(25-16)24-14-18-13-19(28-2)9-10-21(18)29-3/h4-13H,14-15H2,1-3H3,(H,24,25).